The van der Waals surface area contributed by atoms with E-state index < -0.39 is 10.9 Å². The lowest BCUT2D eigenvalue weighted by Crippen LogP contribution is -2.25. The summed E-state index contributed by atoms with van der Waals surface area (Å²) in [6.07, 6.45) is 0. The summed E-state index contributed by atoms with van der Waals surface area (Å²) in [7, 11) is 0. The molecule has 0 saturated carbocycles. The fourth-order valence-electron chi connectivity index (χ4n) is 2.00. The number of esters is 1. The van der Waals surface area contributed by atoms with E-state index in [4.69, 9.17) is 9.47 Å². The zero-order valence-electron chi connectivity index (χ0n) is 11.6. The summed E-state index contributed by atoms with van der Waals surface area (Å²) in [5.74, 6) is -0.269. The van der Waals surface area contributed by atoms with Gasteiger partial charge in [0.25, 0.3) is 11.6 Å². The minimum absolute atomic E-state index is 0.104. The normalized spacial score (nSPS) is 12.6. The summed E-state index contributed by atoms with van der Waals surface area (Å²) in [4.78, 5) is 33.2. The SMILES string of the molecule is O=C1COc2cc(OC(=O)c3ccc([N+](=O)[O-])cc3)ccc2N1. The highest BCUT2D eigenvalue weighted by atomic mass is 16.6. The molecular weight excluding hydrogens is 304 g/mol. The Kier molecular flexibility index (Phi) is 3.63. The van der Waals surface area contributed by atoms with Crippen molar-refractivity contribution in [1.82, 2.24) is 0 Å². The quantitative estimate of drug-likeness (QED) is 0.402. The van der Waals surface area contributed by atoms with E-state index in [9.17, 15) is 19.7 Å². The number of anilines is 1. The molecule has 3 rings (SSSR count). The number of nitro groups is 1. The molecule has 2 aromatic carbocycles. The summed E-state index contributed by atoms with van der Waals surface area (Å²) in [6, 6.07) is 9.63. The zero-order valence-corrected chi connectivity index (χ0v) is 11.6. The molecule has 0 aliphatic carbocycles. The summed E-state index contributed by atoms with van der Waals surface area (Å²) < 4.78 is 10.4. The number of ether oxygens (including phenoxy) is 2. The molecule has 0 atom stereocenters. The van der Waals surface area contributed by atoms with Gasteiger partial charge in [-0.15, -0.1) is 0 Å². The lowest BCUT2D eigenvalue weighted by molar-refractivity contribution is -0.384. The number of non-ortho nitro benzene ring substituents is 1. The van der Waals surface area contributed by atoms with Crippen LogP contribution in [0.2, 0.25) is 0 Å². The highest BCUT2D eigenvalue weighted by Gasteiger charge is 2.18. The van der Waals surface area contributed by atoms with Gasteiger partial charge in [0.1, 0.15) is 11.5 Å². The zero-order chi connectivity index (χ0) is 16.4. The van der Waals surface area contributed by atoms with Gasteiger partial charge in [0.15, 0.2) is 6.61 Å². The van der Waals surface area contributed by atoms with Crippen molar-refractivity contribution in [3.63, 3.8) is 0 Å². The second-order valence-corrected chi connectivity index (χ2v) is 4.69. The molecule has 23 heavy (non-hydrogen) atoms. The number of nitrogens with zero attached hydrogens (tertiary/aromatic N) is 1. The Morgan fingerprint density at radius 3 is 2.65 bits per heavy atom. The van der Waals surface area contributed by atoms with Gasteiger partial charge in [-0.05, 0) is 24.3 Å². The van der Waals surface area contributed by atoms with Crippen molar-refractivity contribution in [1.29, 1.82) is 0 Å². The molecule has 1 aliphatic rings. The van der Waals surface area contributed by atoms with Crippen molar-refractivity contribution in [2.24, 2.45) is 0 Å². The molecule has 0 spiro atoms. The van der Waals surface area contributed by atoms with Crippen LogP contribution in [0.4, 0.5) is 11.4 Å². The fraction of sp³-hybridized carbons (Fsp3) is 0.0667. The first kappa shape index (κ1) is 14.5. The third-order valence-corrected chi connectivity index (χ3v) is 3.11. The van der Waals surface area contributed by atoms with E-state index in [0.717, 1.165) is 0 Å². The number of carbonyl (C=O) groups is 2. The summed E-state index contributed by atoms with van der Waals surface area (Å²) in [5.41, 5.74) is 0.568. The van der Waals surface area contributed by atoms with Gasteiger partial charge in [0.2, 0.25) is 0 Å². The topological polar surface area (TPSA) is 108 Å². The predicted octanol–water partition coefficient (Wildman–Crippen LogP) is 2.14. The molecule has 116 valence electrons. The maximum Gasteiger partial charge on any atom is 0.343 e. The van der Waals surface area contributed by atoms with E-state index in [2.05, 4.69) is 5.32 Å². The summed E-state index contributed by atoms with van der Waals surface area (Å²) >= 11 is 0. The largest absolute Gasteiger partial charge is 0.481 e. The Morgan fingerprint density at radius 1 is 1.22 bits per heavy atom. The molecule has 0 fully saturated rings. The first-order chi connectivity index (χ1) is 11.0. The molecule has 8 heteroatoms. The predicted molar refractivity (Wildman–Crippen MR) is 78.6 cm³/mol. The lowest BCUT2D eigenvalue weighted by Gasteiger charge is -2.18. The highest BCUT2D eigenvalue weighted by Crippen LogP contribution is 2.31. The Bertz CT molecular complexity index is 800. The van der Waals surface area contributed by atoms with E-state index in [1.807, 2.05) is 0 Å². The Labute approximate surface area is 129 Å². The molecule has 2 aromatic rings. The number of nitro benzene ring substituents is 1. The van der Waals surface area contributed by atoms with E-state index >= 15 is 0 Å². The van der Waals surface area contributed by atoms with Crippen LogP contribution in [-0.4, -0.2) is 23.4 Å². The summed E-state index contributed by atoms with van der Waals surface area (Å²) in [5, 5.41) is 13.2. The molecule has 1 N–H and O–H groups in total. The Hall–Kier alpha value is -3.42. The van der Waals surface area contributed by atoms with E-state index in [-0.39, 0.29) is 29.5 Å². The minimum atomic E-state index is -0.653. The van der Waals surface area contributed by atoms with Gasteiger partial charge in [0, 0.05) is 18.2 Å². The van der Waals surface area contributed by atoms with Crippen LogP contribution in [0.1, 0.15) is 10.4 Å². The molecule has 0 aromatic heterocycles. The van der Waals surface area contributed by atoms with Crippen LogP contribution >= 0.6 is 0 Å². The van der Waals surface area contributed by atoms with Crippen LogP contribution in [0.15, 0.2) is 42.5 Å². The van der Waals surface area contributed by atoms with Crippen molar-refractivity contribution in [2.75, 3.05) is 11.9 Å². The van der Waals surface area contributed by atoms with Crippen LogP contribution in [0, 0.1) is 10.1 Å². The lowest BCUT2D eigenvalue weighted by atomic mass is 10.2. The molecular formula is C15H10N2O6. The third-order valence-electron chi connectivity index (χ3n) is 3.11. The number of hydrogen-bond donors (Lipinski definition) is 1. The number of carbonyl (C=O) groups excluding carboxylic acids is 2. The molecule has 1 heterocycles. The number of hydrogen-bond acceptors (Lipinski definition) is 6. The maximum atomic E-state index is 12.0. The highest BCUT2D eigenvalue weighted by molar-refractivity contribution is 5.96. The van der Waals surface area contributed by atoms with Crippen molar-refractivity contribution in [3.8, 4) is 11.5 Å². The van der Waals surface area contributed by atoms with E-state index in [1.165, 1.54) is 36.4 Å². The van der Waals surface area contributed by atoms with Gasteiger partial charge < -0.3 is 14.8 Å². The summed E-state index contributed by atoms with van der Waals surface area (Å²) in [6.45, 7) is -0.104. The van der Waals surface area contributed by atoms with Gasteiger partial charge >= 0.3 is 5.97 Å². The molecule has 1 amide bonds. The number of nitrogens with one attached hydrogen (secondary N) is 1. The number of amides is 1. The molecule has 0 radical (unpaired) electrons. The van der Waals surface area contributed by atoms with E-state index in [1.54, 1.807) is 6.07 Å². The van der Waals surface area contributed by atoms with Gasteiger partial charge in [-0.3, -0.25) is 14.9 Å². The standard InChI is InChI=1S/C15H10N2O6/c18-14-8-22-13-7-11(5-6-12(13)16-14)23-15(19)9-1-3-10(4-2-9)17(20)21/h1-7H,8H2,(H,16,18). The molecule has 8 nitrogen and oxygen atoms in total. The van der Waals surface area contributed by atoms with Gasteiger partial charge in [-0.2, -0.15) is 0 Å². The average Bonchev–Trinajstić information content (AvgIpc) is 2.55. The van der Waals surface area contributed by atoms with Crippen molar-refractivity contribution >= 4 is 23.3 Å². The van der Waals surface area contributed by atoms with Crippen LogP contribution in [-0.2, 0) is 4.79 Å². The first-order valence-corrected chi connectivity index (χ1v) is 6.56. The van der Waals surface area contributed by atoms with Gasteiger partial charge in [-0.1, -0.05) is 0 Å². The number of fused-ring (bicyclic) bond motifs is 1. The number of rotatable bonds is 3. The van der Waals surface area contributed by atoms with Crippen LogP contribution in [0.25, 0.3) is 0 Å². The van der Waals surface area contributed by atoms with Crippen molar-refractivity contribution in [3.05, 3.63) is 58.1 Å². The fourth-order valence-corrected chi connectivity index (χ4v) is 2.00. The smallest absolute Gasteiger partial charge is 0.343 e. The van der Waals surface area contributed by atoms with Crippen LogP contribution in [0.3, 0.4) is 0 Å². The second-order valence-electron chi connectivity index (χ2n) is 4.69. The molecule has 0 bridgehead atoms. The second kappa shape index (κ2) is 5.76. The van der Waals surface area contributed by atoms with Gasteiger partial charge in [0.05, 0.1) is 16.2 Å². The van der Waals surface area contributed by atoms with Gasteiger partial charge in [-0.25, -0.2) is 4.79 Å². The van der Waals surface area contributed by atoms with Crippen molar-refractivity contribution in [2.45, 2.75) is 0 Å². The third kappa shape index (κ3) is 3.10. The molecule has 0 unspecified atom stereocenters. The molecule has 1 aliphatic heterocycles. The van der Waals surface area contributed by atoms with Crippen molar-refractivity contribution < 1.29 is 24.0 Å². The molecule has 0 saturated heterocycles. The Balaban J connectivity index is 1.75. The van der Waals surface area contributed by atoms with Crippen LogP contribution in [0.5, 0.6) is 11.5 Å². The monoisotopic (exact) mass is 314 g/mol. The number of benzene rings is 2. The first-order valence-electron chi connectivity index (χ1n) is 6.56. The van der Waals surface area contributed by atoms with E-state index in [0.29, 0.717) is 11.4 Å². The Morgan fingerprint density at radius 2 is 1.96 bits per heavy atom. The maximum absolute atomic E-state index is 12.0. The average molecular weight is 314 g/mol. The minimum Gasteiger partial charge on any atom is -0.481 e. The van der Waals surface area contributed by atoms with Crippen LogP contribution < -0.4 is 14.8 Å².